The molecule has 2 amide bonds. The Kier molecular flexibility index (Phi) is 4.55. The molecule has 0 aliphatic rings. The first-order valence-electron chi connectivity index (χ1n) is 6.73. The van der Waals surface area contributed by atoms with E-state index in [1.807, 2.05) is 19.9 Å². The molecule has 0 radical (unpaired) electrons. The molecule has 1 aromatic heterocycles. The zero-order chi connectivity index (χ0) is 16.3. The quantitative estimate of drug-likeness (QED) is 0.842. The van der Waals surface area contributed by atoms with Crippen LogP contribution in [0.3, 0.4) is 0 Å². The number of nitrogens with zero attached hydrogens (tertiary/aromatic N) is 2. The predicted molar refractivity (Wildman–Crippen MR) is 78.4 cm³/mol. The Hall–Kier alpha value is -2.70. The Morgan fingerprint density at radius 3 is 2.50 bits per heavy atom. The van der Waals surface area contributed by atoms with Gasteiger partial charge >= 0.3 is 0 Å². The van der Waals surface area contributed by atoms with E-state index in [4.69, 9.17) is 0 Å². The van der Waals surface area contributed by atoms with Gasteiger partial charge in [0, 0.05) is 11.3 Å². The van der Waals surface area contributed by atoms with E-state index in [-0.39, 0.29) is 12.1 Å². The van der Waals surface area contributed by atoms with Crippen LogP contribution in [0.2, 0.25) is 0 Å². The van der Waals surface area contributed by atoms with Crippen molar-refractivity contribution in [2.24, 2.45) is 0 Å². The Balaban J connectivity index is 1.91. The fraction of sp³-hybridized carbons (Fsp3) is 0.267. The molecule has 0 aliphatic heterocycles. The second-order valence-electron chi connectivity index (χ2n) is 5.05. The predicted octanol–water partition coefficient (Wildman–Crippen LogP) is 1.41. The second-order valence-corrected chi connectivity index (χ2v) is 5.05. The van der Waals surface area contributed by atoms with Crippen molar-refractivity contribution in [2.75, 3.05) is 0 Å². The van der Waals surface area contributed by atoms with Gasteiger partial charge in [0.25, 0.3) is 11.8 Å². The summed E-state index contributed by atoms with van der Waals surface area (Å²) in [5.74, 6) is -1.48. The number of carbonyl (C=O) groups excluding carboxylic acids is 2. The lowest BCUT2D eigenvalue weighted by molar-refractivity contribution is -0.122. The molecule has 0 fully saturated rings. The number of rotatable bonds is 3. The number of benzene rings is 1. The third kappa shape index (κ3) is 3.69. The van der Waals surface area contributed by atoms with E-state index in [2.05, 4.69) is 16.0 Å². The summed E-state index contributed by atoms with van der Waals surface area (Å²) in [7, 11) is 0. The maximum absolute atomic E-state index is 13.4. The number of carbonyl (C=O) groups is 2. The van der Waals surface area contributed by atoms with E-state index >= 15 is 0 Å². The number of aryl methyl sites for hydroxylation is 3. The monoisotopic (exact) mass is 304 g/mol. The van der Waals surface area contributed by atoms with Gasteiger partial charge in [0.2, 0.25) is 0 Å². The van der Waals surface area contributed by atoms with Crippen LogP contribution in [0, 0.1) is 26.6 Å². The van der Waals surface area contributed by atoms with Gasteiger partial charge in [0.05, 0.1) is 5.69 Å². The van der Waals surface area contributed by atoms with Gasteiger partial charge in [0.15, 0.2) is 0 Å². The molecule has 22 heavy (non-hydrogen) atoms. The summed E-state index contributed by atoms with van der Waals surface area (Å²) in [4.78, 5) is 23.6. The summed E-state index contributed by atoms with van der Waals surface area (Å²) in [5.41, 5.74) is 6.76. The molecule has 0 unspecified atom stereocenters. The van der Waals surface area contributed by atoms with Gasteiger partial charge < -0.3 is 0 Å². The van der Waals surface area contributed by atoms with E-state index in [9.17, 15) is 14.0 Å². The number of hydrogen-bond donors (Lipinski definition) is 2. The summed E-state index contributed by atoms with van der Waals surface area (Å²) in [6.45, 7) is 5.26. The van der Waals surface area contributed by atoms with Crippen molar-refractivity contribution in [3.8, 4) is 0 Å². The lowest BCUT2D eigenvalue weighted by atomic mass is 10.1. The van der Waals surface area contributed by atoms with Crippen LogP contribution in [-0.2, 0) is 11.3 Å². The first-order chi connectivity index (χ1) is 10.4. The van der Waals surface area contributed by atoms with Crippen LogP contribution >= 0.6 is 0 Å². The third-order valence-electron chi connectivity index (χ3n) is 3.15. The molecule has 0 spiro atoms. The normalized spacial score (nSPS) is 10.4. The number of halogens is 1. The largest absolute Gasteiger partial charge is 0.271 e. The van der Waals surface area contributed by atoms with Crippen LogP contribution in [0.15, 0.2) is 24.3 Å². The van der Waals surface area contributed by atoms with Gasteiger partial charge in [-0.05, 0) is 44.5 Å². The fourth-order valence-corrected chi connectivity index (χ4v) is 1.94. The summed E-state index contributed by atoms with van der Waals surface area (Å²) in [5, 5.41) is 4.15. The third-order valence-corrected chi connectivity index (χ3v) is 3.15. The maximum atomic E-state index is 13.4. The minimum Gasteiger partial charge on any atom is -0.271 e. The van der Waals surface area contributed by atoms with Crippen molar-refractivity contribution in [1.29, 1.82) is 0 Å². The molecule has 0 bridgehead atoms. The minimum absolute atomic E-state index is 0.0117. The highest BCUT2D eigenvalue weighted by Gasteiger charge is 2.11. The van der Waals surface area contributed by atoms with Gasteiger partial charge in [-0.25, -0.2) is 4.39 Å². The summed E-state index contributed by atoms with van der Waals surface area (Å²) >= 11 is 0. The average molecular weight is 304 g/mol. The molecule has 0 saturated carbocycles. The standard InChI is InChI=1S/C15H17FN4O2/c1-9-4-5-12(7-13(9)16)15(22)18-17-14(21)8-20-11(3)6-10(2)19-20/h4-7H,8H2,1-3H3,(H,17,21)(H,18,22). The zero-order valence-electron chi connectivity index (χ0n) is 12.6. The van der Waals surface area contributed by atoms with Gasteiger partial charge in [-0.2, -0.15) is 5.10 Å². The van der Waals surface area contributed by atoms with E-state index < -0.39 is 17.6 Å². The zero-order valence-corrected chi connectivity index (χ0v) is 12.6. The van der Waals surface area contributed by atoms with Crippen molar-refractivity contribution < 1.29 is 14.0 Å². The maximum Gasteiger partial charge on any atom is 0.269 e. The smallest absolute Gasteiger partial charge is 0.269 e. The highest BCUT2D eigenvalue weighted by Crippen LogP contribution is 2.08. The van der Waals surface area contributed by atoms with Crippen molar-refractivity contribution >= 4 is 11.8 Å². The number of nitrogens with one attached hydrogen (secondary N) is 2. The van der Waals surface area contributed by atoms with Crippen LogP contribution < -0.4 is 10.9 Å². The number of aromatic nitrogens is 2. The Labute approximate surface area is 127 Å². The van der Waals surface area contributed by atoms with E-state index in [0.29, 0.717) is 5.56 Å². The second kappa shape index (κ2) is 6.38. The first kappa shape index (κ1) is 15.7. The van der Waals surface area contributed by atoms with Gasteiger partial charge in [-0.15, -0.1) is 0 Å². The average Bonchev–Trinajstić information content (AvgIpc) is 2.77. The van der Waals surface area contributed by atoms with Crippen LogP contribution in [-0.4, -0.2) is 21.6 Å². The SMILES string of the molecule is Cc1cc(C)n(CC(=O)NNC(=O)c2ccc(C)c(F)c2)n1. The van der Waals surface area contributed by atoms with E-state index in [1.165, 1.54) is 16.8 Å². The molecular formula is C15H17FN4O2. The molecule has 0 atom stereocenters. The van der Waals surface area contributed by atoms with Crippen LogP contribution in [0.1, 0.15) is 27.3 Å². The molecule has 0 saturated heterocycles. The van der Waals surface area contributed by atoms with Gasteiger partial charge in [-0.1, -0.05) is 6.07 Å². The summed E-state index contributed by atoms with van der Waals surface area (Å²) in [6.07, 6.45) is 0. The Morgan fingerprint density at radius 1 is 1.18 bits per heavy atom. The minimum atomic E-state index is -0.583. The van der Waals surface area contributed by atoms with Gasteiger partial charge in [-0.3, -0.25) is 25.1 Å². The topological polar surface area (TPSA) is 76.0 Å². The molecule has 0 aliphatic carbocycles. The van der Waals surface area contributed by atoms with Crippen molar-refractivity contribution in [1.82, 2.24) is 20.6 Å². The van der Waals surface area contributed by atoms with Crippen molar-refractivity contribution in [3.63, 3.8) is 0 Å². The lowest BCUT2D eigenvalue weighted by Crippen LogP contribution is -2.43. The van der Waals surface area contributed by atoms with Crippen molar-refractivity contribution in [2.45, 2.75) is 27.3 Å². The van der Waals surface area contributed by atoms with Crippen LogP contribution in [0.25, 0.3) is 0 Å². The van der Waals surface area contributed by atoms with Crippen LogP contribution in [0.5, 0.6) is 0 Å². The van der Waals surface area contributed by atoms with Crippen molar-refractivity contribution in [3.05, 3.63) is 52.6 Å². The first-order valence-corrected chi connectivity index (χ1v) is 6.73. The fourth-order valence-electron chi connectivity index (χ4n) is 1.94. The molecule has 7 heteroatoms. The highest BCUT2D eigenvalue weighted by atomic mass is 19.1. The number of hydrogen-bond acceptors (Lipinski definition) is 3. The number of amides is 2. The Bertz CT molecular complexity index is 724. The lowest BCUT2D eigenvalue weighted by Gasteiger charge is -2.09. The molecular weight excluding hydrogens is 287 g/mol. The molecule has 2 rings (SSSR count). The van der Waals surface area contributed by atoms with E-state index in [0.717, 1.165) is 17.5 Å². The molecule has 2 aromatic rings. The van der Waals surface area contributed by atoms with E-state index in [1.54, 1.807) is 6.92 Å². The molecule has 1 heterocycles. The summed E-state index contributed by atoms with van der Waals surface area (Å²) < 4.78 is 14.9. The molecule has 116 valence electrons. The van der Waals surface area contributed by atoms with Gasteiger partial charge in [0.1, 0.15) is 12.4 Å². The number of hydrazine groups is 1. The highest BCUT2D eigenvalue weighted by molar-refractivity contribution is 5.95. The Morgan fingerprint density at radius 2 is 1.91 bits per heavy atom. The van der Waals surface area contributed by atoms with Crippen LogP contribution in [0.4, 0.5) is 4.39 Å². The molecule has 2 N–H and O–H groups in total. The molecule has 1 aromatic carbocycles. The summed E-state index contributed by atoms with van der Waals surface area (Å²) in [6, 6.07) is 5.96. The molecule has 6 nitrogen and oxygen atoms in total.